The van der Waals surface area contributed by atoms with E-state index in [-0.39, 0.29) is 0 Å². The van der Waals surface area contributed by atoms with Crippen LogP contribution in [0.3, 0.4) is 0 Å². The number of rotatable bonds is 2. The van der Waals surface area contributed by atoms with Crippen LogP contribution in [-0.2, 0) is 6.42 Å². The highest BCUT2D eigenvalue weighted by molar-refractivity contribution is 6.41. The Balaban J connectivity index is 1.42. The van der Waals surface area contributed by atoms with Crippen molar-refractivity contribution in [2.75, 3.05) is 0 Å². The Morgan fingerprint density at radius 1 is 0.362 bits per heavy atom. The lowest BCUT2D eigenvalue weighted by atomic mass is 9.74. The predicted molar refractivity (Wildman–Crippen MR) is 202 cm³/mol. The summed E-state index contributed by atoms with van der Waals surface area (Å²) in [5, 5.41) is 16.4. The van der Waals surface area contributed by atoms with Gasteiger partial charge in [-0.25, -0.2) is 0 Å². The minimum absolute atomic E-state index is 0.924. The van der Waals surface area contributed by atoms with Gasteiger partial charge in [0, 0.05) is 0 Å². The third-order valence-corrected chi connectivity index (χ3v) is 11.0. The predicted octanol–water partition coefficient (Wildman–Crippen LogP) is 13.0. The Kier molecular flexibility index (Phi) is 4.86. The van der Waals surface area contributed by atoms with Crippen molar-refractivity contribution in [3.63, 3.8) is 0 Å². The molecule has 0 atom stereocenters. The SMILES string of the molecule is Cc1cccc(-c2cc3cc4ccc5cccc6c(-c7cccc(C)c7)c7cc8c(c2-c2cc9ccccc9cc2C8)c3c7c4c56)c1. The summed E-state index contributed by atoms with van der Waals surface area (Å²) in [6.45, 7) is 4.41. The number of hydrogen-bond acceptors (Lipinski definition) is 0. The van der Waals surface area contributed by atoms with Crippen molar-refractivity contribution in [2.24, 2.45) is 0 Å². The van der Waals surface area contributed by atoms with E-state index in [4.69, 9.17) is 0 Å². The number of benzene rings is 10. The van der Waals surface area contributed by atoms with Crippen LogP contribution in [0.2, 0.25) is 0 Å². The summed E-state index contributed by atoms with van der Waals surface area (Å²) in [5.74, 6) is 0. The maximum absolute atomic E-state index is 2.57. The molecule has 0 heterocycles. The molecule has 0 heteroatoms. The largest absolute Gasteiger partial charge is 0.0616 e. The Hall–Kier alpha value is -5.72. The first-order valence-corrected chi connectivity index (χ1v) is 16.7. The molecular formula is C47H30. The van der Waals surface area contributed by atoms with Crippen LogP contribution in [0.5, 0.6) is 0 Å². The van der Waals surface area contributed by atoms with Crippen molar-refractivity contribution < 1.29 is 0 Å². The highest BCUT2D eigenvalue weighted by Crippen LogP contribution is 2.54. The van der Waals surface area contributed by atoms with Gasteiger partial charge < -0.3 is 0 Å². The van der Waals surface area contributed by atoms with Gasteiger partial charge in [-0.05, 0) is 154 Å². The molecule has 0 spiro atoms. The fourth-order valence-corrected chi connectivity index (χ4v) is 9.07. The Labute approximate surface area is 273 Å². The molecule has 0 N–H and O–H groups in total. The van der Waals surface area contributed by atoms with E-state index in [1.54, 1.807) is 0 Å². The molecule has 0 radical (unpaired) electrons. The Morgan fingerprint density at radius 3 is 1.87 bits per heavy atom. The van der Waals surface area contributed by atoms with E-state index in [0.717, 1.165) is 6.42 Å². The zero-order chi connectivity index (χ0) is 31.0. The second-order valence-corrected chi connectivity index (χ2v) is 13.8. The molecule has 0 fully saturated rings. The molecule has 218 valence electrons. The van der Waals surface area contributed by atoms with Crippen molar-refractivity contribution in [1.29, 1.82) is 0 Å². The third kappa shape index (κ3) is 3.37. The third-order valence-electron chi connectivity index (χ3n) is 11.0. The lowest BCUT2D eigenvalue weighted by Gasteiger charge is -2.29. The zero-order valence-corrected chi connectivity index (χ0v) is 26.4. The molecule has 1 aliphatic rings. The average molecular weight is 595 g/mol. The van der Waals surface area contributed by atoms with Crippen molar-refractivity contribution >= 4 is 64.6 Å². The van der Waals surface area contributed by atoms with Crippen molar-refractivity contribution in [2.45, 2.75) is 20.3 Å². The van der Waals surface area contributed by atoms with Crippen LogP contribution >= 0.6 is 0 Å². The number of aryl methyl sites for hydroxylation is 2. The van der Waals surface area contributed by atoms with Crippen LogP contribution in [0.15, 0.2) is 133 Å². The molecule has 10 aromatic carbocycles. The first kappa shape index (κ1) is 25.5. The van der Waals surface area contributed by atoms with Crippen LogP contribution in [0.25, 0.3) is 98.0 Å². The summed E-state index contributed by atoms with van der Waals surface area (Å²) in [5.41, 5.74) is 13.5. The lowest BCUT2D eigenvalue weighted by molar-refractivity contribution is 1.21. The van der Waals surface area contributed by atoms with Gasteiger partial charge in [-0.15, -0.1) is 0 Å². The fourth-order valence-electron chi connectivity index (χ4n) is 9.07. The molecule has 0 aromatic heterocycles. The summed E-state index contributed by atoms with van der Waals surface area (Å²) in [6, 6.07) is 51.0. The molecule has 1 aliphatic carbocycles. The van der Waals surface area contributed by atoms with Crippen LogP contribution < -0.4 is 0 Å². The van der Waals surface area contributed by atoms with Crippen molar-refractivity contribution in [1.82, 2.24) is 0 Å². The fraction of sp³-hybridized carbons (Fsp3) is 0.0638. The van der Waals surface area contributed by atoms with Crippen molar-refractivity contribution in [3.8, 4) is 33.4 Å². The van der Waals surface area contributed by atoms with Crippen LogP contribution in [0.1, 0.15) is 22.3 Å². The number of fused-ring (bicyclic) bond motifs is 3. The van der Waals surface area contributed by atoms with Gasteiger partial charge in [0.25, 0.3) is 0 Å². The molecule has 0 saturated heterocycles. The van der Waals surface area contributed by atoms with Gasteiger partial charge in [-0.3, -0.25) is 0 Å². The highest BCUT2D eigenvalue weighted by Gasteiger charge is 2.28. The molecule has 0 bridgehead atoms. The van der Waals surface area contributed by atoms with Gasteiger partial charge in [0.15, 0.2) is 0 Å². The maximum Gasteiger partial charge on any atom is -0.000742 e. The van der Waals surface area contributed by atoms with E-state index in [1.807, 2.05) is 0 Å². The average Bonchev–Trinajstić information content (AvgIpc) is 3.09. The molecule has 0 amide bonds. The van der Waals surface area contributed by atoms with E-state index in [1.165, 1.54) is 120 Å². The van der Waals surface area contributed by atoms with Gasteiger partial charge >= 0.3 is 0 Å². The first-order chi connectivity index (χ1) is 23.1. The second kappa shape index (κ2) is 8.96. The standard InChI is InChI=1S/C47H30/c1-26-8-5-13-31(18-26)38-24-35-21-33-17-16-28-12-7-15-37-41(32-14-6-9-27(2)19-32)40-25-36-22-34-20-29-10-3-4-11-30(29)23-39(34)46(38)44(36)45(35)47(40)43(33)42(28)37/h3-21,23-25H,22H2,1-2H3. The second-order valence-electron chi connectivity index (χ2n) is 13.8. The lowest BCUT2D eigenvalue weighted by Crippen LogP contribution is -2.05. The molecule has 0 aliphatic heterocycles. The molecule has 10 aromatic rings. The monoisotopic (exact) mass is 594 g/mol. The van der Waals surface area contributed by atoms with Gasteiger partial charge in [0.1, 0.15) is 0 Å². The van der Waals surface area contributed by atoms with Gasteiger partial charge in [0.2, 0.25) is 0 Å². The van der Waals surface area contributed by atoms with E-state index in [9.17, 15) is 0 Å². The molecule has 0 unspecified atom stereocenters. The van der Waals surface area contributed by atoms with Gasteiger partial charge in [-0.2, -0.15) is 0 Å². The number of hydrogen-bond donors (Lipinski definition) is 0. The maximum atomic E-state index is 2.57. The summed E-state index contributed by atoms with van der Waals surface area (Å²) in [6.07, 6.45) is 0.924. The normalized spacial score (nSPS) is 12.8. The summed E-state index contributed by atoms with van der Waals surface area (Å²) in [7, 11) is 0. The smallest absolute Gasteiger partial charge is 0.000742 e. The van der Waals surface area contributed by atoms with E-state index in [0.29, 0.717) is 0 Å². The summed E-state index contributed by atoms with van der Waals surface area (Å²) in [4.78, 5) is 0. The summed E-state index contributed by atoms with van der Waals surface area (Å²) < 4.78 is 0. The minimum Gasteiger partial charge on any atom is -0.0616 e. The van der Waals surface area contributed by atoms with Crippen LogP contribution in [-0.4, -0.2) is 0 Å². The molecule has 0 nitrogen and oxygen atoms in total. The van der Waals surface area contributed by atoms with Gasteiger partial charge in [0.05, 0.1) is 0 Å². The topological polar surface area (TPSA) is 0 Å². The Bertz CT molecular complexity index is 2940. The highest BCUT2D eigenvalue weighted by atomic mass is 14.3. The molecular weight excluding hydrogens is 565 g/mol. The van der Waals surface area contributed by atoms with Gasteiger partial charge in [-0.1, -0.05) is 120 Å². The van der Waals surface area contributed by atoms with Crippen molar-refractivity contribution in [3.05, 3.63) is 156 Å². The van der Waals surface area contributed by atoms with E-state index >= 15 is 0 Å². The molecule has 47 heavy (non-hydrogen) atoms. The Morgan fingerprint density at radius 2 is 1.04 bits per heavy atom. The molecule has 0 saturated carbocycles. The zero-order valence-electron chi connectivity index (χ0n) is 26.4. The van der Waals surface area contributed by atoms with Crippen LogP contribution in [0.4, 0.5) is 0 Å². The quantitative estimate of drug-likeness (QED) is 0.138. The van der Waals surface area contributed by atoms with E-state index < -0.39 is 0 Å². The minimum atomic E-state index is 0.924. The molecule has 11 rings (SSSR count). The summed E-state index contributed by atoms with van der Waals surface area (Å²) >= 11 is 0. The first-order valence-electron chi connectivity index (χ1n) is 16.7. The van der Waals surface area contributed by atoms with Crippen LogP contribution in [0, 0.1) is 13.8 Å². The van der Waals surface area contributed by atoms with E-state index in [2.05, 4.69) is 147 Å².